The fourth-order valence-corrected chi connectivity index (χ4v) is 3.30. The van der Waals surface area contributed by atoms with Crippen LogP contribution in [-0.4, -0.2) is 19.4 Å². The van der Waals surface area contributed by atoms with Crippen molar-refractivity contribution < 1.29 is 8.42 Å². The van der Waals surface area contributed by atoms with Crippen LogP contribution in [0.3, 0.4) is 0 Å². The maximum absolute atomic E-state index is 12.1. The molecule has 19 heavy (non-hydrogen) atoms. The van der Waals surface area contributed by atoms with Crippen LogP contribution in [0.15, 0.2) is 23.2 Å². The van der Waals surface area contributed by atoms with E-state index in [0.717, 1.165) is 19.3 Å². The van der Waals surface area contributed by atoms with Gasteiger partial charge in [-0.3, -0.25) is 0 Å². The Morgan fingerprint density at radius 3 is 2.58 bits per heavy atom. The van der Waals surface area contributed by atoms with Crippen LogP contribution in [-0.2, 0) is 10.0 Å². The van der Waals surface area contributed by atoms with Gasteiger partial charge < -0.3 is 0 Å². The van der Waals surface area contributed by atoms with Crippen molar-refractivity contribution in [2.45, 2.75) is 51.0 Å². The minimum absolute atomic E-state index is 0.0873. The first-order valence-electron chi connectivity index (χ1n) is 6.45. The zero-order chi connectivity index (χ0) is 14.5. The van der Waals surface area contributed by atoms with Gasteiger partial charge in [0, 0.05) is 12.2 Å². The fraction of sp³-hybridized carbons (Fsp3) is 0.615. The number of nitrogens with one attached hydrogen (secondary N) is 1. The van der Waals surface area contributed by atoms with Crippen molar-refractivity contribution in [2.24, 2.45) is 5.92 Å². The van der Waals surface area contributed by atoms with Gasteiger partial charge in [0.2, 0.25) is 10.0 Å². The van der Waals surface area contributed by atoms with Crippen LogP contribution in [0.4, 0.5) is 0 Å². The van der Waals surface area contributed by atoms with E-state index in [9.17, 15) is 8.42 Å². The standard InChI is InChI=1S/C13H21ClN2O2S/c1-10(2)5-4-6-11(3)16-19(17,18)12-7-8-15-13(14)9-12/h7-11,16H,4-6H2,1-3H3. The lowest BCUT2D eigenvalue weighted by Crippen LogP contribution is -2.32. The van der Waals surface area contributed by atoms with Gasteiger partial charge in [0.15, 0.2) is 0 Å². The molecule has 108 valence electrons. The zero-order valence-electron chi connectivity index (χ0n) is 11.6. The Labute approximate surface area is 120 Å². The van der Waals surface area contributed by atoms with Crippen molar-refractivity contribution in [3.8, 4) is 0 Å². The van der Waals surface area contributed by atoms with Crippen LogP contribution in [0.5, 0.6) is 0 Å². The number of halogens is 1. The van der Waals surface area contributed by atoms with Crippen LogP contribution in [0.25, 0.3) is 0 Å². The third-order valence-electron chi connectivity index (χ3n) is 2.78. The molecule has 0 aliphatic heterocycles. The summed E-state index contributed by atoms with van der Waals surface area (Å²) in [5, 5.41) is 0.176. The number of aromatic nitrogens is 1. The van der Waals surface area contributed by atoms with E-state index in [1.54, 1.807) is 0 Å². The van der Waals surface area contributed by atoms with Gasteiger partial charge >= 0.3 is 0 Å². The SMILES string of the molecule is CC(C)CCCC(C)NS(=O)(=O)c1ccnc(Cl)c1. The lowest BCUT2D eigenvalue weighted by Gasteiger charge is -2.14. The number of hydrogen-bond donors (Lipinski definition) is 1. The van der Waals surface area contributed by atoms with E-state index in [0.29, 0.717) is 5.92 Å². The maximum Gasteiger partial charge on any atom is 0.240 e. The first-order chi connectivity index (χ1) is 8.81. The molecule has 0 aromatic carbocycles. The Kier molecular flexibility index (Phi) is 6.23. The second kappa shape index (κ2) is 7.22. The van der Waals surface area contributed by atoms with Gasteiger partial charge in [0.05, 0.1) is 4.90 Å². The van der Waals surface area contributed by atoms with Crippen LogP contribution < -0.4 is 4.72 Å². The largest absolute Gasteiger partial charge is 0.244 e. The summed E-state index contributed by atoms with van der Waals surface area (Å²) < 4.78 is 26.8. The van der Waals surface area contributed by atoms with E-state index in [4.69, 9.17) is 11.6 Å². The molecule has 1 unspecified atom stereocenters. The second-order valence-electron chi connectivity index (χ2n) is 5.16. The Balaban J connectivity index is 2.59. The first kappa shape index (κ1) is 16.4. The fourth-order valence-electron chi connectivity index (χ4n) is 1.78. The molecule has 4 nitrogen and oxygen atoms in total. The van der Waals surface area contributed by atoms with Crippen LogP contribution in [0.1, 0.15) is 40.0 Å². The first-order valence-corrected chi connectivity index (χ1v) is 8.31. The summed E-state index contributed by atoms with van der Waals surface area (Å²) in [5.74, 6) is 0.641. The summed E-state index contributed by atoms with van der Waals surface area (Å²) in [6.07, 6.45) is 4.34. The highest BCUT2D eigenvalue weighted by Gasteiger charge is 2.17. The van der Waals surface area contributed by atoms with Gasteiger partial charge in [-0.05, 0) is 31.4 Å². The van der Waals surface area contributed by atoms with Crippen LogP contribution >= 0.6 is 11.6 Å². The Hall–Kier alpha value is -0.650. The Morgan fingerprint density at radius 2 is 2.00 bits per heavy atom. The Bertz CT molecular complexity index is 503. The Morgan fingerprint density at radius 1 is 1.32 bits per heavy atom. The zero-order valence-corrected chi connectivity index (χ0v) is 13.1. The topological polar surface area (TPSA) is 59.1 Å². The molecule has 0 saturated heterocycles. The molecule has 0 radical (unpaired) electrons. The molecule has 1 N–H and O–H groups in total. The number of pyridine rings is 1. The highest BCUT2D eigenvalue weighted by atomic mass is 35.5. The van der Waals surface area contributed by atoms with E-state index in [2.05, 4.69) is 23.6 Å². The van der Waals surface area contributed by atoms with E-state index in [1.165, 1.54) is 18.3 Å². The molecule has 0 amide bonds. The van der Waals surface area contributed by atoms with Crippen LogP contribution in [0, 0.1) is 5.92 Å². The molecule has 0 spiro atoms. The lowest BCUT2D eigenvalue weighted by atomic mass is 10.0. The predicted molar refractivity (Wildman–Crippen MR) is 77.7 cm³/mol. The van der Waals surface area contributed by atoms with E-state index in [1.807, 2.05) is 6.92 Å². The van der Waals surface area contributed by atoms with Gasteiger partial charge in [0.25, 0.3) is 0 Å². The van der Waals surface area contributed by atoms with Crippen molar-refractivity contribution in [3.05, 3.63) is 23.5 Å². The normalized spacial score (nSPS) is 13.7. The summed E-state index contributed by atoms with van der Waals surface area (Å²) in [6.45, 7) is 6.20. The highest BCUT2D eigenvalue weighted by molar-refractivity contribution is 7.89. The van der Waals surface area contributed by atoms with Crippen LogP contribution in [0.2, 0.25) is 5.15 Å². The van der Waals surface area contributed by atoms with Gasteiger partial charge in [-0.1, -0.05) is 38.3 Å². The number of hydrogen-bond acceptors (Lipinski definition) is 3. The molecular weight excluding hydrogens is 284 g/mol. The van der Waals surface area contributed by atoms with Gasteiger partial charge in [-0.25, -0.2) is 18.1 Å². The maximum atomic E-state index is 12.1. The van der Waals surface area contributed by atoms with E-state index < -0.39 is 10.0 Å². The van der Waals surface area contributed by atoms with Gasteiger partial charge in [-0.2, -0.15) is 0 Å². The summed E-state index contributed by atoms with van der Waals surface area (Å²) >= 11 is 5.70. The summed E-state index contributed by atoms with van der Waals surface area (Å²) in [7, 11) is -3.51. The van der Waals surface area contributed by atoms with Gasteiger partial charge in [-0.15, -0.1) is 0 Å². The highest BCUT2D eigenvalue weighted by Crippen LogP contribution is 2.14. The third-order valence-corrected chi connectivity index (χ3v) is 4.58. The monoisotopic (exact) mass is 304 g/mol. The molecule has 0 aliphatic carbocycles. The number of sulfonamides is 1. The summed E-state index contributed by atoms with van der Waals surface area (Å²) in [5.41, 5.74) is 0. The number of nitrogens with zero attached hydrogens (tertiary/aromatic N) is 1. The van der Waals surface area contributed by atoms with Crippen molar-refractivity contribution in [3.63, 3.8) is 0 Å². The molecule has 1 aromatic rings. The molecule has 1 heterocycles. The van der Waals surface area contributed by atoms with Crippen molar-refractivity contribution >= 4 is 21.6 Å². The average molecular weight is 305 g/mol. The van der Waals surface area contributed by atoms with E-state index in [-0.39, 0.29) is 16.1 Å². The quantitative estimate of drug-likeness (QED) is 0.787. The smallest absolute Gasteiger partial charge is 0.240 e. The predicted octanol–water partition coefficient (Wildman–Crippen LogP) is 3.23. The molecule has 0 aliphatic rings. The second-order valence-corrected chi connectivity index (χ2v) is 7.26. The molecule has 0 bridgehead atoms. The molecule has 0 saturated carbocycles. The van der Waals surface area contributed by atoms with Gasteiger partial charge in [0.1, 0.15) is 5.15 Å². The molecule has 0 fully saturated rings. The molecular formula is C13H21ClN2O2S. The summed E-state index contributed by atoms with van der Waals surface area (Å²) in [6, 6.07) is 2.70. The molecule has 6 heteroatoms. The number of rotatable bonds is 7. The molecule has 1 atom stereocenters. The van der Waals surface area contributed by atoms with Crippen molar-refractivity contribution in [2.75, 3.05) is 0 Å². The minimum Gasteiger partial charge on any atom is -0.244 e. The third kappa shape index (κ3) is 5.89. The average Bonchev–Trinajstić information content (AvgIpc) is 2.27. The molecule has 1 rings (SSSR count). The van der Waals surface area contributed by atoms with Crippen molar-refractivity contribution in [1.82, 2.24) is 9.71 Å². The molecule has 1 aromatic heterocycles. The minimum atomic E-state index is -3.51. The summed E-state index contributed by atoms with van der Waals surface area (Å²) in [4.78, 5) is 3.93. The van der Waals surface area contributed by atoms with Crippen molar-refractivity contribution in [1.29, 1.82) is 0 Å². The van der Waals surface area contributed by atoms with E-state index >= 15 is 0 Å². The lowest BCUT2D eigenvalue weighted by molar-refractivity contribution is 0.488.